The van der Waals surface area contributed by atoms with Crippen LogP contribution in [0.25, 0.3) is 0 Å². The Morgan fingerprint density at radius 3 is 2.20 bits per heavy atom. The minimum absolute atomic E-state index is 0. The predicted octanol–water partition coefficient (Wildman–Crippen LogP) is 5.34. The fraction of sp³-hybridized carbons (Fsp3) is 0.857. The molecule has 0 aliphatic carbocycles. The van der Waals surface area contributed by atoms with Gasteiger partial charge < -0.3 is 0 Å². The smallest absolute Gasteiger partial charge is 0 e. The first-order valence-electron chi connectivity index (χ1n) is 6.40. The molecule has 0 aliphatic heterocycles. The Hall–Kier alpha value is 0.844. The summed E-state index contributed by atoms with van der Waals surface area (Å²) < 4.78 is 0. The van der Waals surface area contributed by atoms with Crippen molar-refractivity contribution in [2.45, 2.75) is 72.6 Å². The van der Waals surface area contributed by atoms with Gasteiger partial charge in [0.1, 0.15) is 0 Å². The Bertz CT molecular complexity index is 149. The van der Waals surface area contributed by atoms with Crippen molar-refractivity contribution in [3.63, 3.8) is 0 Å². The average molecular weight is 285 g/mol. The van der Waals surface area contributed by atoms with E-state index < -0.39 is 0 Å². The van der Waals surface area contributed by atoms with Gasteiger partial charge in [0.15, 0.2) is 0 Å². The molecule has 0 aromatic carbocycles. The van der Waals surface area contributed by atoms with Gasteiger partial charge in [-0.05, 0) is 25.7 Å². The van der Waals surface area contributed by atoms with Crippen molar-refractivity contribution in [3.05, 3.63) is 11.6 Å². The summed E-state index contributed by atoms with van der Waals surface area (Å²) >= 11 is 0. The van der Waals surface area contributed by atoms with Crippen molar-refractivity contribution in [3.8, 4) is 0 Å². The van der Waals surface area contributed by atoms with Crippen molar-refractivity contribution in [1.82, 2.24) is 0 Å². The molecule has 1 unspecified atom stereocenters. The van der Waals surface area contributed by atoms with Crippen LogP contribution in [-0.2, 0) is 32.7 Å². The van der Waals surface area contributed by atoms with Crippen molar-refractivity contribution in [1.29, 1.82) is 0 Å². The number of hydrogen-bond donors (Lipinski definition) is 0. The third-order valence-electron chi connectivity index (χ3n) is 3.02. The molecule has 0 fully saturated rings. The van der Waals surface area contributed by atoms with Crippen LogP contribution < -0.4 is 0 Å². The summed E-state index contributed by atoms with van der Waals surface area (Å²) in [6.45, 7) is 9.08. The summed E-state index contributed by atoms with van der Waals surface area (Å²) in [6, 6.07) is 0. The summed E-state index contributed by atoms with van der Waals surface area (Å²) in [5, 5.41) is 0. The number of hydrogen-bond acceptors (Lipinski definition) is 0. The van der Waals surface area contributed by atoms with Gasteiger partial charge in [-0.3, -0.25) is 0 Å². The van der Waals surface area contributed by atoms with E-state index in [2.05, 4.69) is 33.8 Å². The van der Waals surface area contributed by atoms with E-state index in [9.17, 15) is 0 Å². The van der Waals surface area contributed by atoms with Gasteiger partial charge in [0.25, 0.3) is 0 Å². The van der Waals surface area contributed by atoms with Crippen LogP contribution >= 0.6 is 0 Å². The molecular weight excluding hydrogens is 257 g/mol. The largest absolute Gasteiger partial charge is 0.0853 e. The summed E-state index contributed by atoms with van der Waals surface area (Å²) in [5.74, 6) is 0.946. The quantitative estimate of drug-likeness (QED) is 0.528. The normalized spacial score (nSPS) is 13.5. The first-order valence-corrected chi connectivity index (χ1v) is 6.40. The maximum Gasteiger partial charge on any atom is 0 e. The third-order valence-corrected chi connectivity index (χ3v) is 3.02. The van der Waals surface area contributed by atoms with Gasteiger partial charge in [0.05, 0.1) is 0 Å². The molecule has 87 valence electrons. The zero-order chi connectivity index (χ0) is 10.8. The first-order chi connectivity index (χ1) is 6.74. The van der Waals surface area contributed by atoms with Crippen LogP contribution in [0.5, 0.6) is 0 Å². The molecule has 0 saturated heterocycles. The minimum atomic E-state index is 0. The van der Waals surface area contributed by atoms with Crippen LogP contribution in [0.3, 0.4) is 0 Å². The fourth-order valence-corrected chi connectivity index (χ4v) is 1.79. The second-order valence-corrected chi connectivity index (χ2v) is 4.44. The maximum atomic E-state index is 2.45. The molecule has 0 saturated carbocycles. The van der Waals surface area contributed by atoms with Gasteiger partial charge in [0.2, 0.25) is 0 Å². The predicted molar refractivity (Wildman–Crippen MR) is 66.6 cm³/mol. The second-order valence-electron chi connectivity index (χ2n) is 4.44. The summed E-state index contributed by atoms with van der Waals surface area (Å²) in [4.78, 5) is 0. The van der Waals surface area contributed by atoms with Gasteiger partial charge >= 0.3 is 0 Å². The van der Waals surface area contributed by atoms with Crippen LogP contribution in [-0.4, -0.2) is 0 Å². The monoisotopic (exact) mass is 285 g/mol. The van der Waals surface area contributed by atoms with E-state index in [4.69, 9.17) is 0 Å². The third kappa shape index (κ3) is 11.1. The molecule has 0 heterocycles. The Morgan fingerprint density at radius 2 is 1.73 bits per heavy atom. The number of rotatable bonds is 8. The van der Waals surface area contributed by atoms with E-state index in [1.165, 1.54) is 44.9 Å². The molecule has 0 amide bonds. The van der Waals surface area contributed by atoms with E-state index in [1.807, 2.05) is 0 Å². The molecular formula is C14H28Y. The summed E-state index contributed by atoms with van der Waals surface area (Å²) in [6.07, 6.45) is 11.9. The van der Waals surface area contributed by atoms with Crippen LogP contribution in [0.4, 0.5) is 0 Å². The summed E-state index contributed by atoms with van der Waals surface area (Å²) in [5.41, 5.74) is 1.56. The molecule has 0 aliphatic rings. The Balaban J connectivity index is 0. The Kier molecular flexibility index (Phi) is 15.7. The van der Waals surface area contributed by atoms with E-state index in [0.717, 1.165) is 5.92 Å². The molecule has 1 atom stereocenters. The van der Waals surface area contributed by atoms with Crippen LogP contribution in [0.2, 0.25) is 0 Å². The van der Waals surface area contributed by atoms with Crippen molar-refractivity contribution in [2.24, 2.45) is 5.92 Å². The maximum absolute atomic E-state index is 2.45. The van der Waals surface area contributed by atoms with Gasteiger partial charge in [0, 0.05) is 32.7 Å². The zero-order valence-electron chi connectivity index (χ0n) is 11.2. The number of unbranched alkanes of at least 4 members (excludes halogenated alkanes) is 1. The van der Waals surface area contributed by atoms with Crippen molar-refractivity contribution in [2.75, 3.05) is 0 Å². The average Bonchev–Trinajstić information content (AvgIpc) is 2.21. The zero-order valence-corrected chi connectivity index (χ0v) is 14.0. The van der Waals surface area contributed by atoms with Crippen molar-refractivity contribution < 1.29 is 32.7 Å². The van der Waals surface area contributed by atoms with Gasteiger partial charge in [-0.15, -0.1) is 0 Å². The van der Waals surface area contributed by atoms with Gasteiger partial charge in [-0.25, -0.2) is 0 Å². The molecule has 0 N–H and O–H groups in total. The van der Waals surface area contributed by atoms with Gasteiger partial charge in [-0.2, -0.15) is 0 Å². The van der Waals surface area contributed by atoms with Crippen LogP contribution in [0.15, 0.2) is 11.6 Å². The molecule has 0 aromatic rings. The fourth-order valence-electron chi connectivity index (χ4n) is 1.79. The standard InChI is InChI=1S/C14H28.Y/c1-5-8-10-14(9-6-2)12-11-13(4)7-3;/h11,14H,5-10,12H2,1-4H3;. The van der Waals surface area contributed by atoms with Gasteiger partial charge in [-0.1, -0.05) is 64.5 Å². The Labute approximate surface area is 122 Å². The molecule has 1 radical (unpaired) electrons. The molecule has 0 spiro atoms. The van der Waals surface area contributed by atoms with E-state index in [-0.39, 0.29) is 32.7 Å². The van der Waals surface area contributed by atoms with Crippen LogP contribution in [0, 0.1) is 5.92 Å². The van der Waals surface area contributed by atoms with E-state index >= 15 is 0 Å². The molecule has 15 heavy (non-hydrogen) atoms. The second kappa shape index (κ2) is 12.9. The SMILES string of the molecule is CCCCC(CC=C(C)CC)CCC.[Y]. The van der Waals surface area contributed by atoms with E-state index in [0.29, 0.717) is 0 Å². The van der Waals surface area contributed by atoms with Crippen molar-refractivity contribution >= 4 is 0 Å². The molecule has 0 rings (SSSR count). The Morgan fingerprint density at radius 1 is 1.07 bits per heavy atom. The molecule has 0 aromatic heterocycles. The topological polar surface area (TPSA) is 0 Å². The molecule has 1 heteroatoms. The first kappa shape index (κ1) is 18.2. The van der Waals surface area contributed by atoms with Crippen LogP contribution in [0.1, 0.15) is 72.6 Å². The van der Waals surface area contributed by atoms with E-state index in [1.54, 1.807) is 5.57 Å². The number of allylic oxidation sites excluding steroid dienone is 2. The molecule has 0 nitrogen and oxygen atoms in total. The molecule has 0 bridgehead atoms. The summed E-state index contributed by atoms with van der Waals surface area (Å²) in [7, 11) is 0. The minimum Gasteiger partial charge on any atom is -0.0853 e.